The SMILES string of the molecule is CCSc1ccc(Cl)cc1CNC(=O)c1cc(OC(F)(F)F)cc(N2CCNCC2)c1. The molecule has 1 amide bonds. The number of hydrogen-bond donors (Lipinski definition) is 2. The van der Waals surface area contributed by atoms with Crippen LogP contribution in [0, 0.1) is 0 Å². The maximum Gasteiger partial charge on any atom is 0.573 e. The summed E-state index contributed by atoms with van der Waals surface area (Å²) in [6, 6.07) is 9.44. The van der Waals surface area contributed by atoms with Crippen LogP contribution >= 0.6 is 23.4 Å². The Hall–Kier alpha value is -2.10. The molecule has 31 heavy (non-hydrogen) atoms. The van der Waals surface area contributed by atoms with Gasteiger partial charge in [-0.05, 0) is 41.6 Å². The zero-order chi connectivity index (χ0) is 22.4. The summed E-state index contributed by atoms with van der Waals surface area (Å²) in [5.74, 6) is -0.0527. The second-order valence-electron chi connectivity index (χ2n) is 6.87. The number of halogens is 4. The van der Waals surface area contributed by atoms with E-state index in [0.29, 0.717) is 36.9 Å². The van der Waals surface area contributed by atoms with Crippen LogP contribution in [0.25, 0.3) is 0 Å². The lowest BCUT2D eigenvalue weighted by Crippen LogP contribution is -2.43. The fourth-order valence-electron chi connectivity index (χ4n) is 3.27. The van der Waals surface area contributed by atoms with Crippen molar-refractivity contribution in [3.8, 4) is 5.75 Å². The van der Waals surface area contributed by atoms with Gasteiger partial charge in [0.2, 0.25) is 0 Å². The van der Waals surface area contributed by atoms with Crippen LogP contribution < -0.4 is 20.3 Å². The van der Waals surface area contributed by atoms with Crippen LogP contribution in [0.3, 0.4) is 0 Å². The highest BCUT2D eigenvalue weighted by molar-refractivity contribution is 7.99. The molecule has 168 valence electrons. The molecule has 2 N–H and O–H groups in total. The number of rotatable bonds is 7. The van der Waals surface area contributed by atoms with E-state index in [9.17, 15) is 18.0 Å². The number of nitrogens with one attached hydrogen (secondary N) is 2. The van der Waals surface area contributed by atoms with E-state index in [1.807, 2.05) is 17.9 Å². The number of amides is 1. The van der Waals surface area contributed by atoms with Crippen molar-refractivity contribution in [2.45, 2.75) is 24.7 Å². The van der Waals surface area contributed by atoms with E-state index in [-0.39, 0.29) is 12.1 Å². The Labute approximate surface area is 188 Å². The molecule has 3 rings (SSSR count). The second-order valence-corrected chi connectivity index (χ2v) is 8.61. The fraction of sp³-hybridized carbons (Fsp3) is 0.381. The number of anilines is 1. The molecule has 0 aromatic heterocycles. The van der Waals surface area contributed by atoms with E-state index >= 15 is 0 Å². The Bertz CT molecular complexity index is 921. The van der Waals surface area contributed by atoms with Gasteiger partial charge in [-0.1, -0.05) is 18.5 Å². The van der Waals surface area contributed by atoms with Crippen molar-refractivity contribution >= 4 is 35.0 Å². The second kappa shape index (κ2) is 10.5. The first kappa shape index (κ1) is 23.6. The molecule has 0 bridgehead atoms. The van der Waals surface area contributed by atoms with Crippen LogP contribution in [0.4, 0.5) is 18.9 Å². The molecule has 2 aromatic carbocycles. The number of nitrogens with zero attached hydrogens (tertiary/aromatic N) is 1. The summed E-state index contributed by atoms with van der Waals surface area (Å²) in [6.45, 7) is 4.88. The van der Waals surface area contributed by atoms with Gasteiger partial charge in [0.15, 0.2) is 0 Å². The summed E-state index contributed by atoms with van der Waals surface area (Å²) in [5, 5.41) is 6.52. The van der Waals surface area contributed by atoms with Gasteiger partial charge < -0.3 is 20.3 Å². The lowest BCUT2D eigenvalue weighted by molar-refractivity contribution is -0.274. The summed E-state index contributed by atoms with van der Waals surface area (Å²) in [5.41, 5.74) is 1.46. The van der Waals surface area contributed by atoms with Crippen LogP contribution in [0.5, 0.6) is 5.75 Å². The maximum atomic E-state index is 12.8. The van der Waals surface area contributed by atoms with Crippen LogP contribution in [0.2, 0.25) is 5.02 Å². The quantitative estimate of drug-likeness (QED) is 0.571. The van der Waals surface area contributed by atoms with Crippen molar-refractivity contribution in [1.82, 2.24) is 10.6 Å². The topological polar surface area (TPSA) is 53.6 Å². The average molecular weight is 474 g/mol. The molecular weight excluding hydrogens is 451 g/mol. The van der Waals surface area contributed by atoms with Crippen molar-refractivity contribution in [2.75, 3.05) is 36.8 Å². The maximum absolute atomic E-state index is 12.8. The van der Waals surface area contributed by atoms with Gasteiger partial charge in [-0.25, -0.2) is 0 Å². The van der Waals surface area contributed by atoms with E-state index in [2.05, 4.69) is 15.4 Å². The molecular formula is C21H23ClF3N3O2S. The molecule has 1 aliphatic rings. The summed E-state index contributed by atoms with van der Waals surface area (Å²) in [6.07, 6.45) is -4.84. The molecule has 0 spiro atoms. The molecule has 0 radical (unpaired) electrons. The minimum absolute atomic E-state index is 0.0991. The Morgan fingerprint density at radius 3 is 2.65 bits per heavy atom. The fourth-order valence-corrected chi connectivity index (χ4v) is 4.26. The van der Waals surface area contributed by atoms with Crippen molar-refractivity contribution in [3.05, 3.63) is 52.5 Å². The smallest absolute Gasteiger partial charge is 0.406 e. The van der Waals surface area contributed by atoms with Crippen molar-refractivity contribution in [3.63, 3.8) is 0 Å². The highest BCUT2D eigenvalue weighted by Gasteiger charge is 2.32. The molecule has 1 heterocycles. The van der Waals surface area contributed by atoms with Crippen LogP contribution in [-0.2, 0) is 6.54 Å². The number of piperazine rings is 1. The molecule has 10 heteroatoms. The van der Waals surface area contributed by atoms with Crippen molar-refractivity contribution in [1.29, 1.82) is 0 Å². The predicted molar refractivity (Wildman–Crippen MR) is 117 cm³/mol. The first-order valence-electron chi connectivity index (χ1n) is 9.81. The highest BCUT2D eigenvalue weighted by atomic mass is 35.5. The lowest BCUT2D eigenvalue weighted by Gasteiger charge is -2.30. The number of carbonyl (C=O) groups excluding carboxylic acids is 1. The van der Waals surface area contributed by atoms with Crippen molar-refractivity contribution in [2.24, 2.45) is 0 Å². The standard InChI is InChI=1S/C21H23ClF3N3O2S/c1-2-31-19-4-3-16(22)9-15(19)13-27-20(29)14-10-17(28-7-5-26-6-8-28)12-18(11-14)30-21(23,24)25/h3-4,9-12,26H,2,5-8,13H2,1H3,(H,27,29). The van der Waals surface area contributed by atoms with Gasteiger partial charge in [0.05, 0.1) is 0 Å². The largest absolute Gasteiger partial charge is 0.573 e. The summed E-state index contributed by atoms with van der Waals surface area (Å²) < 4.78 is 42.5. The minimum atomic E-state index is -4.84. The Morgan fingerprint density at radius 1 is 1.23 bits per heavy atom. The molecule has 2 aromatic rings. The third-order valence-electron chi connectivity index (χ3n) is 4.63. The summed E-state index contributed by atoms with van der Waals surface area (Å²) >= 11 is 7.70. The Balaban J connectivity index is 1.82. The number of benzene rings is 2. The molecule has 1 aliphatic heterocycles. The van der Waals surface area contributed by atoms with E-state index < -0.39 is 18.0 Å². The van der Waals surface area contributed by atoms with Crippen LogP contribution in [-0.4, -0.2) is 44.2 Å². The average Bonchev–Trinajstić information content (AvgIpc) is 2.73. The van der Waals surface area contributed by atoms with Gasteiger partial charge in [-0.2, -0.15) is 0 Å². The normalized spacial score (nSPS) is 14.4. The zero-order valence-electron chi connectivity index (χ0n) is 16.9. The number of alkyl halides is 3. The van der Waals surface area contributed by atoms with E-state index in [4.69, 9.17) is 11.6 Å². The monoisotopic (exact) mass is 473 g/mol. The van der Waals surface area contributed by atoms with E-state index in [1.165, 1.54) is 6.07 Å². The number of thioether (sulfide) groups is 1. The Kier molecular flexibility index (Phi) is 7.96. The summed E-state index contributed by atoms with van der Waals surface area (Å²) in [4.78, 5) is 15.7. The molecule has 0 aliphatic carbocycles. The van der Waals surface area contributed by atoms with Crippen LogP contribution in [0.1, 0.15) is 22.8 Å². The van der Waals surface area contributed by atoms with Gasteiger partial charge in [0.25, 0.3) is 5.91 Å². The molecule has 0 atom stereocenters. The van der Waals surface area contributed by atoms with Gasteiger partial charge in [0.1, 0.15) is 5.75 Å². The summed E-state index contributed by atoms with van der Waals surface area (Å²) in [7, 11) is 0. The first-order valence-corrected chi connectivity index (χ1v) is 11.2. The van der Waals surface area contributed by atoms with Gasteiger partial charge in [-0.3, -0.25) is 4.79 Å². The van der Waals surface area contributed by atoms with Crippen molar-refractivity contribution < 1.29 is 22.7 Å². The minimum Gasteiger partial charge on any atom is -0.406 e. The number of hydrogen-bond acceptors (Lipinski definition) is 5. The number of carbonyl (C=O) groups is 1. The van der Waals surface area contributed by atoms with E-state index in [1.54, 1.807) is 30.0 Å². The highest BCUT2D eigenvalue weighted by Crippen LogP contribution is 2.30. The third kappa shape index (κ3) is 6.95. The van der Waals surface area contributed by atoms with E-state index in [0.717, 1.165) is 22.3 Å². The van der Waals surface area contributed by atoms with Gasteiger partial charge in [-0.15, -0.1) is 24.9 Å². The van der Waals surface area contributed by atoms with Crippen LogP contribution in [0.15, 0.2) is 41.3 Å². The third-order valence-corrected chi connectivity index (χ3v) is 5.86. The molecule has 5 nitrogen and oxygen atoms in total. The predicted octanol–water partition coefficient (Wildman–Crippen LogP) is 4.69. The van der Waals surface area contributed by atoms with Gasteiger partial charge >= 0.3 is 6.36 Å². The molecule has 0 saturated carbocycles. The molecule has 1 saturated heterocycles. The lowest BCUT2D eigenvalue weighted by atomic mass is 10.1. The Morgan fingerprint density at radius 2 is 1.97 bits per heavy atom. The molecule has 1 fully saturated rings. The number of ether oxygens (including phenoxy) is 1. The first-order chi connectivity index (χ1) is 14.7. The van der Waals surface area contributed by atoms with Gasteiger partial charge in [0, 0.05) is 60.0 Å². The molecule has 0 unspecified atom stereocenters. The zero-order valence-corrected chi connectivity index (χ0v) is 18.5.